The molecule has 0 atom stereocenters. The zero-order valence-corrected chi connectivity index (χ0v) is 18.1. The highest BCUT2D eigenvalue weighted by Crippen LogP contribution is 2.23. The Bertz CT molecular complexity index is 963. The average Bonchev–Trinajstić information content (AvgIpc) is 2.76. The number of benzene rings is 3. The summed E-state index contributed by atoms with van der Waals surface area (Å²) in [6.07, 6.45) is 7.31. The van der Waals surface area contributed by atoms with Gasteiger partial charge >= 0.3 is 0 Å². The first-order valence-corrected chi connectivity index (χ1v) is 11.0. The standard InChI is InChI=1S/C29H32/c1-4-6-8-24-10-12-26(13-11-24)14-17-27-20-21-29(22-23(27)3)28-18-15-25(16-19-28)9-7-5-2/h10-13,15-16,18-22H,4-9H2,1-3H3. The number of hydrogen-bond acceptors (Lipinski definition) is 0. The molecule has 3 aromatic carbocycles. The fourth-order valence-corrected chi connectivity index (χ4v) is 3.50. The van der Waals surface area contributed by atoms with E-state index in [0.29, 0.717) is 0 Å². The number of hydrogen-bond donors (Lipinski definition) is 0. The van der Waals surface area contributed by atoms with Crippen LogP contribution in [0.1, 0.15) is 67.3 Å². The fraction of sp³-hybridized carbons (Fsp3) is 0.310. The van der Waals surface area contributed by atoms with Crippen molar-refractivity contribution in [3.05, 3.63) is 94.5 Å². The van der Waals surface area contributed by atoms with Crippen molar-refractivity contribution >= 4 is 0 Å². The van der Waals surface area contributed by atoms with Crippen LogP contribution in [0.3, 0.4) is 0 Å². The van der Waals surface area contributed by atoms with Crippen molar-refractivity contribution in [2.45, 2.75) is 59.3 Å². The van der Waals surface area contributed by atoms with Gasteiger partial charge in [0, 0.05) is 11.1 Å². The van der Waals surface area contributed by atoms with E-state index in [9.17, 15) is 0 Å². The Morgan fingerprint density at radius 3 is 1.72 bits per heavy atom. The molecule has 0 heteroatoms. The molecule has 148 valence electrons. The predicted molar refractivity (Wildman–Crippen MR) is 126 cm³/mol. The number of rotatable bonds is 7. The van der Waals surface area contributed by atoms with Gasteiger partial charge in [-0.05, 0) is 78.6 Å². The molecule has 0 saturated heterocycles. The molecule has 0 heterocycles. The van der Waals surface area contributed by atoms with Crippen LogP contribution >= 0.6 is 0 Å². The van der Waals surface area contributed by atoms with E-state index in [2.05, 4.69) is 99.3 Å². The maximum absolute atomic E-state index is 3.35. The topological polar surface area (TPSA) is 0 Å². The molecule has 0 N–H and O–H groups in total. The smallest absolute Gasteiger partial charge is 0.0278 e. The molecule has 3 aromatic rings. The molecule has 0 aliphatic carbocycles. The first kappa shape index (κ1) is 20.9. The Morgan fingerprint density at radius 2 is 1.17 bits per heavy atom. The van der Waals surface area contributed by atoms with Gasteiger partial charge in [0.1, 0.15) is 0 Å². The van der Waals surface area contributed by atoms with Crippen LogP contribution in [0.5, 0.6) is 0 Å². The molecule has 0 radical (unpaired) electrons. The zero-order valence-electron chi connectivity index (χ0n) is 18.1. The van der Waals surface area contributed by atoms with Crippen LogP contribution in [0.25, 0.3) is 11.1 Å². The SMILES string of the molecule is CCCCc1ccc(C#Cc2ccc(-c3ccc(CCCC)cc3)cc2C)cc1. The van der Waals surface area contributed by atoms with Crippen molar-refractivity contribution in [2.24, 2.45) is 0 Å². The first-order valence-electron chi connectivity index (χ1n) is 11.0. The van der Waals surface area contributed by atoms with E-state index in [4.69, 9.17) is 0 Å². The molecule has 0 aromatic heterocycles. The third kappa shape index (κ3) is 6.10. The van der Waals surface area contributed by atoms with Gasteiger partial charge in [-0.3, -0.25) is 0 Å². The van der Waals surface area contributed by atoms with Crippen LogP contribution in [-0.2, 0) is 12.8 Å². The van der Waals surface area contributed by atoms with Gasteiger partial charge < -0.3 is 0 Å². The normalized spacial score (nSPS) is 10.4. The van der Waals surface area contributed by atoms with E-state index in [0.717, 1.165) is 17.5 Å². The van der Waals surface area contributed by atoms with Crippen LogP contribution in [0.4, 0.5) is 0 Å². The van der Waals surface area contributed by atoms with E-state index in [-0.39, 0.29) is 0 Å². The Morgan fingerprint density at radius 1 is 0.621 bits per heavy atom. The van der Waals surface area contributed by atoms with Crippen molar-refractivity contribution in [2.75, 3.05) is 0 Å². The Labute approximate surface area is 177 Å². The molecule has 0 amide bonds. The summed E-state index contributed by atoms with van der Waals surface area (Å²) >= 11 is 0. The molecular formula is C29H32. The molecule has 0 fully saturated rings. The summed E-state index contributed by atoms with van der Waals surface area (Å²) < 4.78 is 0. The Hall–Kier alpha value is -2.78. The van der Waals surface area contributed by atoms with Gasteiger partial charge in [0.25, 0.3) is 0 Å². The van der Waals surface area contributed by atoms with Gasteiger partial charge in [-0.2, -0.15) is 0 Å². The summed E-state index contributed by atoms with van der Waals surface area (Å²) in [5.41, 5.74) is 8.77. The number of aryl methyl sites for hydroxylation is 3. The lowest BCUT2D eigenvalue weighted by Gasteiger charge is -2.07. The largest absolute Gasteiger partial charge is 0.0654 e. The van der Waals surface area contributed by atoms with Crippen molar-refractivity contribution in [1.82, 2.24) is 0 Å². The minimum atomic E-state index is 1.08. The van der Waals surface area contributed by atoms with E-state index in [1.165, 1.54) is 59.9 Å². The van der Waals surface area contributed by atoms with Crippen LogP contribution in [-0.4, -0.2) is 0 Å². The Balaban J connectivity index is 1.71. The highest BCUT2D eigenvalue weighted by Gasteiger charge is 2.02. The third-order valence-electron chi connectivity index (χ3n) is 5.45. The summed E-state index contributed by atoms with van der Waals surface area (Å²) in [4.78, 5) is 0. The minimum Gasteiger partial charge on any atom is -0.0654 e. The molecule has 29 heavy (non-hydrogen) atoms. The molecule has 0 spiro atoms. The van der Waals surface area contributed by atoms with E-state index >= 15 is 0 Å². The minimum absolute atomic E-state index is 1.08. The van der Waals surface area contributed by atoms with Gasteiger partial charge in [0.2, 0.25) is 0 Å². The van der Waals surface area contributed by atoms with Gasteiger partial charge in [-0.15, -0.1) is 0 Å². The summed E-state index contributed by atoms with van der Waals surface area (Å²) in [6, 6.07) is 24.3. The molecule has 0 aliphatic rings. The van der Waals surface area contributed by atoms with Crippen LogP contribution in [0.15, 0.2) is 66.7 Å². The highest BCUT2D eigenvalue weighted by atomic mass is 14.1. The summed E-state index contributed by atoms with van der Waals surface area (Å²) in [5, 5.41) is 0. The van der Waals surface area contributed by atoms with Crippen molar-refractivity contribution in [1.29, 1.82) is 0 Å². The second-order valence-corrected chi connectivity index (χ2v) is 7.88. The molecule has 0 saturated carbocycles. The third-order valence-corrected chi connectivity index (χ3v) is 5.45. The van der Waals surface area contributed by atoms with Gasteiger partial charge in [-0.25, -0.2) is 0 Å². The lowest BCUT2D eigenvalue weighted by atomic mass is 9.98. The van der Waals surface area contributed by atoms with Gasteiger partial charge in [0.05, 0.1) is 0 Å². The van der Waals surface area contributed by atoms with Crippen molar-refractivity contribution < 1.29 is 0 Å². The average molecular weight is 381 g/mol. The molecule has 0 bridgehead atoms. The number of unbranched alkanes of at least 4 members (excludes halogenated alkanes) is 2. The predicted octanol–water partition coefficient (Wildman–Crippen LogP) is 7.75. The summed E-state index contributed by atoms with van der Waals surface area (Å²) in [5.74, 6) is 6.67. The van der Waals surface area contributed by atoms with E-state index in [1.54, 1.807) is 0 Å². The second-order valence-electron chi connectivity index (χ2n) is 7.88. The van der Waals surface area contributed by atoms with Crippen LogP contribution < -0.4 is 0 Å². The van der Waals surface area contributed by atoms with Crippen LogP contribution in [0, 0.1) is 18.8 Å². The lowest BCUT2D eigenvalue weighted by Crippen LogP contribution is -1.88. The molecule has 0 aliphatic heterocycles. The van der Waals surface area contributed by atoms with E-state index in [1.807, 2.05) is 0 Å². The van der Waals surface area contributed by atoms with Crippen molar-refractivity contribution in [3.63, 3.8) is 0 Å². The van der Waals surface area contributed by atoms with Gasteiger partial charge in [-0.1, -0.05) is 87.1 Å². The molecular weight excluding hydrogens is 348 g/mol. The van der Waals surface area contributed by atoms with Crippen LogP contribution in [0.2, 0.25) is 0 Å². The quantitative estimate of drug-likeness (QED) is 0.368. The van der Waals surface area contributed by atoms with Crippen molar-refractivity contribution in [3.8, 4) is 23.0 Å². The molecule has 0 unspecified atom stereocenters. The fourth-order valence-electron chi connectivity index (χ4n) is 3.50. The summed E-state index contributed by atoms with van der Waals surface area (Å²) in [6.45, 7) is 6.62. The highest BCUT2D eigenvalue weighted by molar-refractivity contribution is 5.66. The van der Waals surface area contributed by atoms with Gasteiger partial charge in [0.15, 0.2) is 0 Å². The molecule has 0 nitrogen and oxygen atoms in total. The maximum atomic E-state index is 3.35. The summed E-state index contributed by atoms with van der Waals surface area (Å²) in [7, 11) is 0. The monoisotopic (exact) mass is 380 g/mol. The zero-order chi connectivity index (χ0) is 20.5. The van der Waals surface area contributed by atoms with E-state index < -0.39 is 0 Å². The first-order chi connectivity index (χ1) is 14.2. The second kappa shape index (κ2) is 10.7. The molecule has 3 rings (SSSR count). The maximum Gasteiger partial charge on any atom is 0.0278 e. The lowest BCUT2D eigenvalue weighted by molar-refractivity contribution is 0.795. The Kier molecular flexibility index (Phi) is 7.71.